The molecule has 0 N–H and O–H groups in total. The van der Waals surface area contributed by atoms with E-state index in [0.717, 1.165) is 92.9 Å². The van der Waals surface area contributed by atoms with Crippen LogP contribution in [0.2, 0.25) is 0 Å². The quantitative estimate of drug-likeness (QED) is 0.167. The molecule has 0 fully saturated rings. The number of furan rings is 1. The van der Waals surface area contributed by atoms with E-state index >= 15 is 0 Å². The Morgan fingerprint density at radius 2 is 0.871 bits per heavy atom. The first-order valence-corrected chi connectivity index (χ1v) is 21.3. The molecule has 5 nitrogen and oxygen atoms in total. The molecular weight excluding hydrogens is 757 g/mol. The Balaban J connectivity index is 0.00000202. The van der Waals surface area contributed by atoms with Gasteiger partial charge >= 0.3 is 0 Å². The van der Waals surface area contributed by atoms with E-state index in [-0.39, 0.29) is 0 Å². The van der Waals surface area contributed by atoms with Crippen LogP contribution in [0.4, 0.5) is 0 Å². The molecule has 0 spiro atoms. The van der Waals surface area contributed by atoms with Crippen molar-refractivity contribution in [3.63, 3.8) is 0 Å². The molecule has 0 amide bonds. The maximum absolute atomic E-state index is 6.72. The molecule has 0 saturated heterocycles. The number of hydrogen-bond donors (Lipinski definition) is 0. The largest absolute Gasteiger partial charge is 0.455 e. The third-order valence-corrected chi connectivity index (χ3v) is 12.2. The molecule has 13 rings (SSSR count). The topological polar surface area (TPSA) is 56.7 Å². The maximum atomic E-state index is 6.72. The van der Waals surface area contributed by atoms with Crippen molar-refractivity contribution >= 4 is 86.8 Å². The lowest BCUT2D eigenvalue weighted by atomic mass is 9.95. The van der Waals surface area contributed by atoms with Gasteiger partial charge in [-0.3, -0.25) is 4.57 Å². The van der Waals surface area contributed by atoms with Crippen LogP contribution in [-0.2, 0) is 0 Å². The van der Waals surface area contributed by atoms with Gasteiger partial charge in [0.1, 0.15) is 11.2 Å². The zero-order valence-electron chi connectivity index (χ0n) is 34.2. The molecule has 292 valence electrons. The number of rotatable bonds is 4. The van der Waals surface area contributed by atoms with Gasteiger partial charge in [-0.05, 0) is 55.9 Å². The summed E-state index contributed by atoms with van der Waals surface area (Å²) in [6.45, 7) is 4.00. The molecule has 0 unspecified atom stereocenters. The highest BCUT2D eigenvalue weighted by molar-refractivity contribution is 6.33. The summed E-state index contributed by atoms with van der Waals surface area (Å²) in [5, 5.41) is 13.7. The first kappa shape index (κ1) is 35.8. The van der Waals surface area contributed by atoms with Crippen molar-refractivity contribution in [2.24, 2.45) is 0 Å². The fourth-order valence-corrected chi connectivity index (χ4v) is 9.48. The van der Waals surface area contributed by atoms with Gasteiger partial charge in [-0.25, -0.2) is 4.98 Å². The van der Waals surface area contributed by atoms with E-state index in [1.165, 1.54) is 16.2 Å². The maximum Gasteiger partial charge on any atom is 0.238 e. The van der Waals surface area contributed by atoms with Crippen molar-refractivity contribution in [3.05, 3.63) is 194 Å². The number of aromatic nitrogens is 4. The van der Waals surface area contributed by atoms with E-state index in [1.54, 1.807) is 0 Å². The molecule has 3 aromatic heterocycles. The van der Waals surface area contributed by atoms with E-state index in [9.17, 15) is 0 Å². The summed E-state index contributed by atoms with van der Waals surface area (Å²) in [5.41, 5.74) is 7.63. The summed E-state index contributed by atoms with van der Waals surface area (Å²) < 4.78 is 9.02. The van der Waals surface area contributed by atoms with E-state index in [1.807, 2.05) is 26.0 Å². The van der Waals surface area contributed by atoms with Gasteiger partial charge in [0.15, 0.2) is 11.6 Å². The van der Waals surface area contributed by atoms with Gasteiger partial charge < -0.3 is 4.42 Å². The van der Waals surface area contributed by atoms with Crippen molar-refractivity contribution < 1.29 is 4.42 Å². The molecule has 13 aromatic rings. The lowest BCUT2D eigenvalue weighted by molar-refractivity contribution is 0.670. The summed E-state index contributed by atoms with van der Waals surface area (Å²) in [6.07, 6.45) is 0. The van der Waals surface area contributed by atoms with Gasteiger partial charge in [0.25, 0.3) is 0 Å². The van der Waals surface area contributed by atoms with Crippen LogP contribution in [0.15, 0.2) is 199 Å². The van der Waals surface area contributed by atoms with Crippen molar-refractivity contribution in [1.29, 1.82) is 0 Å². The van der Waals surface area contributed by atoms with Crippen LogP contribution in [0.1, 0.15) is 13.8 Å². The predicted molar refractivity (Wildman–Crippen MR) is 259 cm³/mol. The zero-order chi connectivity index (χ0) is 41.3. The Labute approximate surface area is 357 Å². The Bertz CT molecular complexity index is 3820. The minimum atomic E-state index is 0.543. The molecule has 0 aliphatic rings. The summed E-state index contributed by atoms with van der Waals surface area (Å²) in [7, 11) is 0. The van der Waals surface area contributed by atoms with Crippen LogP contribution in [0.3, 0.4) is 0 Å². The highest BCUT2D eigenvalue weighted by Gasteiger charge is 2.25. The first-order chi connectivity index (χ1) is 30.7. The van der Waals surface area contributed by atoms with Crippen LogP contribution < -0.4 is 0 Å². The van der Waals surface area contributed by atoms with Gasteiger partial charge in [-0.2, -0.15) is 9.97 Å². The SMILES string of the molecule is CC.c1ccc2cc(-c3nc(-c4ccc5ccccc5c4)nc(-n4c5c(-c6cccc7c6oc6ccccc67)cccc5c5c6ccccc6c6ccccc6c54)n3)ccc2c1. The summed E-state index contributed by atoms with van der Waals surface area (Å²) in [6, 6.07) is 68.5. The Kier molecular flexibility index (Phi) is 8.22. The summed E-state index contributed by atoms with van der Waals surface area (Å²) in [5.74, 6) is 1.75. The second kappa shape index (κ2) is 14.3. The number of nitrogens with zero attached hydrogens (tertiary/aromatic N) is 4. The highest BCUT2D eigenvalue weighted by Crippen LogP contribution is 2.46. The predicted octanol–water partition coefficient (Wildman–Crippen LogP) is 15.5. The average molecular weight is 795 g/mol. The molecule has 0 aliphatic heterocycles. The monoisotopic (exact) mass is 794 g/mol. The molecular formula is C57H38N4O. The van der Waals surface area contributed by atoms with Crippen molar-refractivity contribution in [1.82, 2.24) is 19.5 Å². The van der Waals surface area contributed by atoms with Crippen molar-refractivity contribution in [2.75, 3.05) is 0 Å². The Morgan fingerprint density at radius 1 is 0.371 bits per heavy atom. The molecule has 0 saturated carbocycles. The van der Waals surface area contributed by atoms with E-state index in [2.05, 4.69) is 187 Å². The van der Waals surface area contributed by atoms with Crippen LogP contribution in [0.5, 0.6) is 0 Å². The fraction of sp³-hybridized carbons (Fsp3) is 0.0351. The van der Waals surface area contributed by atoms with Gasteiger partial charge in [0.2, 0.25) is 5.95 Å². The van der Waals surface area contributed by atoms with Crippen LogP contribution >= 0.6 is 0 Å². The van der Waals surface area contributed by atoms with Crippen LogP contribution in [-0.4, -0.2) is 19.5 Å². The Morgan fingerprint density at radius 3 is 1.53 bits per heavy atom. The second-order valence-corrected chi connectivity index (χ2v) is 15.5. The summed E-state index contributed by atoms with van der Waals surface area (Å²) >= 11 is 0. The fourth-order valence-electron chi connectivity index (χ4n) is 9.48. The minimum absolute atomic E-state index is 0.543. The normalized spacial score (nSPS) is 11.7. The Hall–Kier alpha value is -8.15. The van der Waals surface area contributed by atoms with E-state index in [0.29, 0.717) is 17.6 Å². The molecule has 0 bridgehead atoms. The molecule has 0 aliphatic carbocycles. The number of benzene rings is 10. The third-order valence-electron chi connectivity index (χ3n) is 12.2. The van der Waals surface area contributed by atoms with Crippen LogP contribution in [0, 0.1) is 0 Å². The van der Waals surface area contributed by atoms with E-state index in [4.69, 9.17) is 19.4 Å². The molecule has 0 atom stereocenters. The highest BCUT2D eigenvalue weighted by atomic mass is 16.3. The number of fused-ring (bicyclic) bond motifs is 13. The van der Waals surface area contributed by atoms with Gasteiger partial charge in [-0.1, -0.05) is 190 Å². The van der Waals surface area contributed by atoms with Gasteiger partial charge in [-0.15, -0.1) is 0 Å². The average Bonchev–Trinajstić information content (AvgIpc) is 3.91. The van der Waals surface area contributed by atoms with Crippen molar-refractivity contribution in [2.45, 2.75) is 13.8 Å². The zero-order valence-corrected chi connectivity index (χ0v) is 34.2. The minimum Gasteiger partial charge on any atom is -0.455 e. The number of para-hydroxylation sites is 3. The van der Waals surface area contributed by atoms with Crippen LogP contribution in [0.25, 0.3) is 127 Å². The molecule has 62 heavy (non-hydrogen) atoms. The van der Waals surface area contributed by atoms with Gasteiger partial charge in [0.05, 0.1) is 11.0 Å². The second-order valence-electron chi connectivity index (χ2n) is 15.5. The molecule has 3 heterocycles. The lowest BCUT2D eigenvalue weighted by Crippen LogP contribution is -2.07. The first-order valence-electron chi connectivity index (χ1n) is 21.3. The third kappa shape index (κ3) is 5.45. The van der Waals surface area contributed by atoms with E-state index < -0.39 is 0 Å². The summed E-state index contributed by atoms with van der Waals surface area (Å²) in [4.78, 5) is 16.2. The molecule has 0 radical (unpaired) electrons. The molecule has 5 heteroatoms. The van der Waals surface area contributed by atoms with Gasteiger partial charge in [0, 0.05) is 49.2 Å². The standard InChI is InChI=1S/C55H32N4O.C2H6/c1-3-15-35-31-37(29-27-33(35)13-1)53-56-54(38-30-28-34-14-2-4-16-36(34)32-38)58-55(57-53)59-50-44(46-24-12-23-45-41-19-9-10-26-48(41)60-52(45)46)22-11-25-47(50)49-42-20-7-5-17-39(42)40-18-6-8-21-43(40)51(49)59;1-2/h1-32H;1-2H3. The smallest absolute Gasteiger partial charge is 0.238 e. The molecule has 10 aromatic carbocycles. The lowest BCUT2D eigenvalue weighted by Gasteiger charge is -2.15. The van der Waals surface area contributed by atoms with Crippen molar-refractivity contribution in [3.8, 4) is 39.9 Å². The number of hydrogen-bond acceptors (Lipinski definition) is 4.